The predicted octanol–water partition coefficient (Wildman–Crippen LogP) is -0.446. The number of nitrogens with one attached hydrogen (secondary N) is 1. The molecule has 0 aliphatic rings. The van der Waals surface area contributed by atoms with Crippen molar-refractivity contribution in [2.75, 3.05) is 6.54 Å². The number of rotatable bonds is 3. The van der Waals surface area contributed by atoms with E-state index in [1.54, 1.807) is 6.07 Å². The van der Waals surface area contributed by atoms with E-state index in [2.05, 4.69) is 15.3 Å². The van der Waals surface area contributed by atoms with Crippen molar-refractivity contribution >= 4 is 5.91 Å². The van der Waals surface area contributed by atoms with Crippen LogP contribution in [-0.2, 0) is 0 Å². The summed E-state index contributed by atoms with van der Waals surface area (Å²) in [5, 5.41) is 2.64. The largest absolute Gasteiger partial charge is 0.349 e. The summed E-state index contributed by atoms with van der Waals surface area (Å²) in [6.45, 7) is 2.27. The highest BCUT2D eigenvalue weighted by molar-refractivity contribution is 5.92. The summed E-state index contributed by atoms with van der Waals surface area (Å²) in [5.41, 5.74) is 5.83. The molecule has 0 saturated carbocycles. The van der Waals surface area contributed by atoms with E-state index in [0.717, 1.165) is 0 Å². The summed E-state index contributed by atoms with van der Waals surface area (Å²) in [4.78, 5) is 18.8. The van der Waals surface area contributed by atoms with Crippen molar-refractivity contribution in [1.29, 1.82) is 0 Å². The third-order valence-electron chi connectivity index (χ3n) is 1.40. The molecule has 1 atom stereocenters. The minimum absolute atomic E-state index is 0.0502. The molecule has 1 aromatic rings. The Bertz CT molecular complexity index is 273. The van der Waals surface area contributed by atoms with E-state index >= 15 is 0 Å². The standard InChI is InChI=1S/C8H12N4O/c1-6(9)4-11-8(13)7-2-3-10-5-12-7/h2-3,5-6H,4,9H2,1H3,(H,11,13). The highest BCUT2D eigenvalue weighted by atomic mass is 16.1. The fourth-order valence-electron chi connectivity index (χ4n) is 0.769. The molecule has 0 aliphatic carbocycles. The number of nitrogens with zero attached hydrogens (tertiary/aromatic N) is 2. The van der Waals surface area contributed by atoms with Crippen molar-refractivity contribution < 1.29 is 4.79 Å². The van der Waals surface area contributed by atoms with Crippen LogP contribution in [0.5, 0.6) is 0 Å². The zero-order valence-electron chi connectivity index (χ0n) is 7.40. The van der Waals surface area contributed by atoms with Gasteiger partial charge in [-0.3, -0.25) is 4.79 Å². The van der Waals surface area contributed by atoms with Crippen LogP contribution >= 0.6 is 0 Å². The summed E-state index contributed by atoms with van der Waals surface area (Å²) in [6.07, 6.45) is 2.86. The van der Waals surface area contributed by atoms with Gasteiger partial charge in [0.1, 0.15) is 12.0 Å². The molecule has 0 fully saturated rings. The maximum absolute atomic E-state index is 11.3. The lowest BCUT2D eigenvalue weighted by molar-refractivity contribution is 0.0946. The van der Waals surface area contributed by atoms with Crippen molar-refractivity contribution in [2.24, 2.45) is 5.73 Å². The molecule has 5 heteroatoms. The Morgan fingerprint density at radius 2 is 2.54 bits per heavy atom. The van der Waals surface area contributed by atoms with Crippen LogP contribution in [-0.4, -0.2) is 28.5 Å². The molecule has 1 unspecified atom stereocenters. The lowest BCUT2D eigenvalue weighted by Crippen LogP contribution is -2.35. The summed E-state index contributed by atoms with van der Waals surface area (Å²) >= 11 is 0. The number of hydrogen-bond acceptors (Lipinski definition) is 4. The normalized spacial score (nSPS) is 12.2. The third kappa shape index (κ3) is 3.16. The molecule has 1 aromatic heterocycles. The summed E-state index contributed by atoms with van der Waals surface area (Å²) in [5.74, 6) is -0.222. The molecule has 0 aromatic carbocycles. The lowest BCUT2D eigenvalue weighted by Gasteiger charge is -2.06. The van der Waals surface area contributed by atoms with Crippen LogP contribution in [0.15, 0.2) is 18.6 Å². The summed E-state index contributed by atoms with van der Waals surface area (Å²) in [7, 11) is 0. The molecule has 70 valence electrons. The SMILES string of the molecule is CC(N)CNC(=O)c1ccncn1. The molecule has 1 amide bonds. The fraction of sp³-hybridized carbons (Fsp3) is 0.375. The number of nitrogens with two attached hydrogens (primary N) is 1. The van der Waals surface area contributed by atoms with Gasteiger partial charge >= 0.3 is 0 Å². The average Bonchev–Trinajstić information content (AvgIpc) is 2.15. The van der Waals surface area contributed by atoms with Gasteiger partial charge in [0.05, 0.1) is 0 Å². The molecule has 5 nitrogen and oxygen atoms in total. The van der Waals surface area contributed by atoms with Gasteiger partial charge in [-0.15, -0.1) is 0 Å². The van der Waals surface area contributed by atoms with E-state index in [-0.39, 0.29) is 11.9 Å². The van der Waals surface area contributed by atoms with Crippen LogP contribution in [0, 0.1) is 0 Å². The number of amides is 1. The van der Waals surface area contributed by atoms with Gasteiger partial charge in [0.15, 0.2) is 0 Å². The van der Waals surface area contributed by atoms with E-state index in [9.17, 15) is 4.79 Å². The van der Waals surface area contributed by atoms with Crippen LogP contribution in [0.1, 0.15) is 17.4 Å². The monoisotopic (exact) mass is 180 g/mol. The molecule has 0 radical (unpaired) electrons. The van der Waals surface area contributed by atoms with Crippen LogP contribution in [0.2, 0.25) is 0 Å². The van der Waals surface area contributed by atoms with Gasteiger partial charge in [0.2, 0.25) is 0 Å². The van der Waals surface area contributed by atoms with Gasteiger partial charge in [0, 0.05) is 18.8 Å². The first kappa shape index (κ1) is 9.60. The number of hydrogen-bond donors (Lipinski definition) is 2. The van der Waals surface area contributed by atoms with Crippen molar-refractivity contribution in [3.63, 3.8) is 0 Å². The molecule has 1 heterocycles. The molecule has 0 aliphatic heterocycles. The molecule has 0 saturated heterocycles. The molecular weight excluding hydrogens is 168 g/mol. The second kappa shape index (κ2) is 4.51. The molecule has 13 heavy (non-hydrogen) atoms. The second-order valence-electron chi connectivity index (χ2n) is 2.78. The van der Waals surface area contributed by atoms with Crippen LogP contribution in [0.3, 0.4) is 0 Å². The van der Waals surface area contributed by atoms with Gasteiger partial charge in [-0.1, -0.05) is 0 Å². The minimum Gasteiger partial charge on any atom is -0.349 e. The number of aromatic nitrogens is 2. The third-order valence-corrected chi connectivity index (χ3v) is 1.40. The van der Waals surface area contributed by atoms with E-state index in [0.29, 0.717) is 12.2 Å². The second-order valence-corrected chi connectivity index (χ2v) is 2.78. The van der Waals surface area contributed by atoms with Crippen molar-refractivity contribution in [1.82, 2.24) is 15.3 Å². The smallest absolute Gasteiger partial charge is 0.270 e. The van der Waals surface area contributed by atoms with Crippen molar-refractivity contribution in [2.45, 2.75) is 13.0 Å². The minimum atomic E-state index is -0.222. The van der Waals surface area contributed by atoms with Crippen LogP contribution in [0.4, 0.5) is 0 Å². The topological polar surface area (TPSA) is 80.9 Å². The van der Waals surface area contributed by atoms with Crippen molar-refractivity contribution in [3.05, 3.63) is 24.3 Å². The zero-order chi connectivity index (χ0) is 9.68. The number of carbonyl (C=O) groups excluding carboxylic acids is 1. The molecule has 1 rings (SSSR count). The molecule has 0 bridgehead atoms. The van der Waals surface area contributed by atoms with Gasteiger partial charge in [-0.2, -0.15) is 0 Å². The first-order valence-electron chi connectivity index (χ1n) is 4.00. The Balaban J connectivity index is 2.50. The maximum atomic E-state index is 11.3. The number of carbonyl (C=O) groups is 1. The van der Waals surface area contributed by atoms with Gasteiger partial charge in [-0.05, 0) is 13.0 Å². The van der Waals surface area contributed by atoms with E-state index < -0.39 is 0 Å². The van der Waals surface area contributed by atoms with Gasteiger partial charge in [0.25, 0.3) is 5.91 Å². The Hall–Kier alpha value is -1.49. The maximum Gasteiger partial charge on any atom is 0.270 e. The molecule has 0 spiro atoms. The van der Waals surface area contributed by atoms with E-state index in [1.807, 2.05) is 6.92 Å². The lowest BCUT2D eigenvalue weighted by atomic mass is 10.3. The molecular formula is C8H12N4O. The fourth-order valence-corrected chi connectivity index (χ4v) is 0.769. The van der Waals surface area contributed by atoms with Gasteiger partial charge in [-0.25, -0.2) is 9.97 Å². The zero-order valence-corrected chi connectivity index (χ0v) is 7.40. The first-order chi connectivity index (χ1) is 6.20. The summed E-state index contributed by atoms with van der Waals surface area (Å²) < 4.78 is 0. The Morgan fingerprint density at radius 1 is 1.77 bits per heavy atom. The van der Waals surface area contributed by atoms with Crippen LogP contribution < -0.4 is 11.1 Å². The summed E-state index contributed by atoms with van der Waals surface area (Å²) in [6, 6.07) is 1.50. The Labute approximate surface area is 76.4 Å². The molecule has 3 N–H and O–H groups in total. The van der Waals surface area contributed by atoms with Crippen LogP contribution in [0.25, 0.3) is 0 Å². The quantitative estimate of drug-likeness (QED) is 0.660. The first-order valence-corrected chi connectivity index (χ1v) is 4.00. The van der Waals surface area contributed by atoms with E-state index in [1.165, 1.54) is 12.5 Å². The average molecular weight is 180 g/mol. The van der Waals surface area contributed by atoms with Crippen molar-refractivity contribution in [3.8, 4) is 0 Å². The highest BCUT2D eigenvalue weighted by Gasteiger charge is 2.05. The Morgan fingerprint density at radius 3 is 3.08 bits per heavy atom. The Kier molecular flexibility index (Phi) is 3.33. The highest BCUT2D eigenvalue weighted by Crippen LogP contribution is 1.89. The van der Waals surface area contributed by atoms with E-state index in [4.69, 9.17) is 5.73 Å². The predicted molar refractivity (Wildman–Crippen MR) is 48.0 cm³/mol. The van der Waals surface area contributed by atoms with Gasteiger partial charge < -0.3 is 11.1 Å².